The van der Waals surface area contributed by atoms with Gasteiger partial charge in [0.05, 0.1) is 18.5 Å². The van der Waals surface area contributed by atoms with Crippen molar-refractivity contribution in [3.05, 3.63) is 66.5 Å². The maximum atomic E-state index is 14.3. The van der Waals surface area contributed by atoms with Gasteiger partial charge in [0.25, 0.3) is 11.6 Å². The number of likely N-dealkylation sites (N-methyl/N-ethyl adjacent to an activating group) is 1. The second kappa shape index (κ2) is 14.1. The van der Waals surface area contributed by atoms with Gasteiger partial charge in [-0.2, -0.15) is 0 Å². The van der Waals surface area contributed by atoms with Gasteiger partial charge in [-0.25, -0.2) is 4.79 Å². The predicted octanol–water partition coefficient (Wildman–Crippen LogP) is 0.107. The third-order valence-electron chi connectivity index (χ3n) is 7.87. The van der Waals surface area contributed by atoms with E-state index in [9.17, 15) is 29.1 Å². The minimum atomic E-state index is -2.20. The van der Waals surface area contributed by atoms with Crippen molar-refractivity contribution in [1.29, 1.82) is 0 Å². The number of hydrogen-bond acceptors (Lipinski definition) is 9. The highest BCUT2D eigenvalue weighted by Crippen LogP contribution is 2.28. The molecule has 0 aliphatic carbocycles. The molecule has 13 nitrogen and oxygen atoms in total. The Hall–Kier alpha value is -4.58. The maximum Gasteiger partial charge on any atom is 0.323 e. The van der Waals surface area contributed by atoms with E-state index < -0.39 is 36.1 Å². The fourth-order valence-electron chi connectivity index (χ4n) is 5.55. The molecular weight excluding hydrogens is 556 g/mol. The predicted molar refractivity (Wildman–Crippen MR) is 155 cm³/mol. The Morgan fingerprint density at radius 2 is 1.74 bits per heavy atom. The van der Waals surface area contributed by atoms with Crippen LogP contribution in [0.3, 0.4) is 0 Å². The van der Waals surface area contributed by atoms with Crippen molar-refractivity contribution < 1.29 is 33.8 Å². The van der Waals surface area contributed by atoms with Crippen molar-refractivity contribution in [2.45, 2.75) is 24.7 Å². The Labute approximate surface area is 249 Å². The molecule has 2 saturated heterocycles. The van der Waals surface area contributed by atoms with Crippen LogP contribution >= 0.6 is 0 Å². The van der Waals surface area contributed by atoms with E-state index in [1.54, 1.807) is 35.2 Å². The lowest BCUT2D eigenvalue weighted by atomic mass is 10.0. The minimum Gasteiger partial charge on any atom is -0.480 e. The average molecular weight is 593 g/mol. The number of carbonyl (C=O) groups excluding carboxylic acids is 4. The topological polar surface area (TPSA) is 144 Å². The molecule has 1 aromatic carbocycles. The van der Waals surface area contributed by atoms with Crippen molar-refractivity contribution in [2.75, 3.05) is 64.9 Å². The van der Waals surface area contributed by atoms with Gasteiger partial charge in [-0.05, 0) is 24.7 Å². The number of aromatic nitrogens is 1. The lowest BCUT2D eigenvalue weighted by Crippen LogP contribution is -2.70. The van der Waals surface area contributed by atoms with Gasteiger partial charge in [0.1, 0.15) is 12.5 Å². The first-order chi connectivity index (χ1) is 20.7. The number of anilines is 1. The first-order valence-corrected chi connectivity index (χ1v) is 14.0. The molecule has 2 fully saturated rings. The lowest BCUT2D eigenvalue weighted by Gasteiger charge is -2.47. The van der Waals surface area contributed by atoms with Crippen LogP contribution in [0, 0.1) is 0 Å². The molecule has 0 radical (unpaired) electrons. The Kier molecular flexibility index (Phi) is 10.3. The number of pyridine rings is 1. The molecule has 228 valence electrons. The Morgan fingerprint density at radius 3 is 2.35 bits per heavy atom. The summed E-state index contributed by atoms with van der Waals surface area (Å²) >= 11 is 0. The van der Waals surface area contributed by atoms with Crippen LogP contribution in [0.1, 0.15) is 12.0 Å². The summed E-state index contributed by atoms with van der Waals surface area (Å²) in [7, 11) is 2.88. The molecule has 2 aromatic rings. The molecule has 3 heterocycles. The van der Waals surface area contributed by atoms with Gasteiger partial charge in [-0.15, -0.1) is 0 Å². The maximum absolute atomic E-state index is 14.3. The summed E-state index contributed by atoms with van der Waals surface area (Å²) in [5, 5.41) is 9.28. The Balaban J connectivity index is 1.58. The molecular formula is C30H36N6O7. The smallest absolute Gasteiger partial charge is 0.323 e. The molecule has 4 rings (SSSR count). The largest absolute Gasteiger partial charge is 0.480 e. The molecule has 0 saturated carbocycles. The standard InChI is InChI=1S/C30H36N6O7/c1-32(21-23-6-4-3-5-7-23)25(20-26(38)34-15-13-33(14-16-34)24-8-11-31-12-9-24)28(41)36-18-17-35(22-27(39)40)29(42)30(36,43-2)10-19-37/h3-12,25H,13-18,20-22H2,1-2H3,(H,39,40)/t25-,30+/m0/s1. The van der Waals surface area contributed by atoms with E-state index >= 15 is 0 Å². The monoisotopic (exact) mass is 592 g/mol. The van der Waals surface area contributed by atoms with Crippen LogP contribution < -0.4 is 4.90 Å². The zero-order valence-electron chi connectivity index (χ0n) is 24.3. The number of benzene rings is 1. The van der Waals surface area contributed by atoms with Gasteiger partial charge >= 0.3 is 5.97 Å². The van der Waals surface area contributed by atoms with Crippen molar-refractivity contribution >= 4 is 35.3 Å². The number of hydrogen-bond donors (Lipinski definition) is 1. The third kappa shape index (κ3) is 7.08. The molecule has 1 aromatic heterocycles. The van der Waals surface area contributed by atoms with Crippen molar-refractivity contribution in [2.24, 2.45) is 0 Å². The van der Waals surface area contributed by atoms with E-state index in [-0.39, 0.29) is 25.4 Å². The Bertz CT molecular complexity index is 1350. The summed E-state index contributed by atoms with van der Waals surface area (Å²) in [4.78, 5) is 76.1. The van der Waals surface area contributed by atoms with Crippen molar-refractivity contribution in [1.82, 2.24) is 24.6 Å². The van der Waals surface area contributed by atoms with Crippen LogP contribution in [0.25, 0.3) is 0 Å². The van der Waals surface area contributed by atoms with Crippen LogP contribution in [0.4, 0.5) is 5.69 Å². The second-order valence-electron chi connectivity index (χ2n) is 10.5. The van der Waals surface area contributed by atoms with Gasteiger partial charge in [0, 0.05) is 71.0 Å². The number of nitrogens with zero attached hydrogens (tertiary/aromatic N) is 6. The van der Waals surface area contributed by atoms with Crippen LogP contribution in [-0.2, 0) is 35.3 Å². The number of carboxylic acids is 1. The van der Waals surface area contributed by atoms with Gasteiger partial charge in [-0.3, -0.25) is 34.0 Å². The summed E-state index contributed by atoms with van der Waals surface area (Å²) in [5.74, 6) is -1.39. The number of carbonyl (C=O) groups is 4. The molecule has 3 amide bonds. The average Bonchev–Trinajstić information content (AvgIpc) is 3.02. The number of aliphatic carboxylic acids is 1. The molecule has 0 unspecified atom stereocenters. The third-order valence-corrected chi connectivity index (χ3v) is 7.87. The highest BCUT2D eigenvalue weighted by molar-refractivity contribution is 5.98. The fourth-order valence-corrected chi connectivity index (χ4v) is 5.55. The van der Waals surface area contributed by atoms with Crippen molar-refractivity contribution in [3.63, 3.8) is 0 Å². The summed E-state index contributed by atoms with van der Waals surface area (Å²) in [6.07, 6.45) is 4.05. The summed E-state index contributed by atoms with van der Waals surface area (Å²) in [5.41, 5.74) is -0.268. The van der Waals surface area contributed by atoms with Gasteiger partial charge < -0.3 is 24.5 Å². The van der Waals surface area contributed by atoms with E-state index in [2.05, 4.69) is 9.88 Å². The fraction of sp³-hybridized carbons (Fsp3) is 0.433. The first-order valence-electron chi connectivity index (χ1n) is 14.0. The summed E-state index contributed by atoms with van der Waals surface area (Å²) in [6, 6.07) is 12.2. The molecule has 0 spiro atoms. The Morgan fingerprint density at radius 1 is 1.07 bits per heavy atom. The van der Waals surface area contributed by atoms with Crippen molar-refractivity contribution in [3.8, 4) is 0 Å². The highest BCUT2D eigenvalue weighted by atomic mass is 16.5. The van der Waals surface area contributed by atoms with Crippen LogP contribution in [0.15, 0.2) is 60.9 Å². The molecule has 43 heavy (non-hydrogen) atoms. The molecule has 13 heteroatoms. The molecule has 2 aliphatic heterocycles. The van der Waals surface area contributed by atoms with E-state index in [1.807, 2.05) is 42.5 Å². The molecule has 2 aliphatic rings. The SMILES string of the molecule is CO[C@]1(C=C=O)C(=O)N(CC(=O)O)CCN1C(=O)[C@H](CC(=O)N1CCN(c2ccncc2)CC1)N(C)Cc1ccccc1. The van der Waals surface area contributed by atoms with Gasteiger partial charge in [-0.1, -0.05) is 30.3 Å². The number of carboxylic acid groups (broad SMARTS) is 1. The quantitative estimate of drug-likeness (QED) is 0.357. The summed E-state index contributed by atoms with van der Waals surface area (Å²) < 4.78 is 5.48. The van der Waals surface area contributed by atoms with E-state index in [4.69, 9.17) is 4.74 Å². The van der Waals surface area contributed by atoms with Crippen LogP contribution in [0.2, 0.25) is 0 Å². The normalized spacial score (nSPS) is 19.7. The second-order valence-corrected chi connectivity index (χ2v) is 10.5. The summed E-state index contributed by atoms with van der Waals surface area (Å²) in [6.45, 7) is 1.67. The first kappa shape index (κ1) is 31.4. The number of methoxy groups -OCH3 is 1. The van der Waals surface area contributed by atoms with Crippen LogP contribution in [0.5, 0.6) is 0 Å². The number of piperazine rings is 2. The molecule has 2 atom stereocenters. The number of ether oxygens (including phenoxy) is 1. The zero-order chi connectivity index (χ0) is 31.0. The highest BCUT2D eigenvalue weighted by Gasteiger charge is 2.53. The number of rotatable bonds is 11. The van der Waals surface area contributed by atoms with E-state index in [0.29, 0.717) is 32.7 Å². The molecule has 0 bridgehead atoms. The van der Waals surface area contributed by atoms with E-state index in [0.717, 1.165) is 34.2 Å². The van der Waals surface area contributed by atoms with Gasteiger partial charge in [0.15, 0.2) is 0 Å². The van der Waals surface area contributed by atoms with Crippen LogP contribution in [-0.4, -0.2) is 131 Å². The zero-order valence-corrected chi connectivity index (χ0v) is 24.3. The molecule has 1 N–H and O–H groups in total. The lowest BCUT2D eigenvalue weighted by molar-refractivity contribution is -0.191. The van der Waals surface area contributed by atoms with E-state index in [1.165, 1.54) is 0 Å². The minimum absolute atomic E-state index is 0.0886. The van der Waals surface area contributed by atoms with Gasteiger partial charge in [0.2, 0.25) is 11.8 Å². The number of amides is 3.